The van der Waals surface area contributed by atoms with Gasteiger partial charge in [-0.1, -0.05) is 13.8 Å². The SMILES string of the molecule is CC(C)[C@H]1CN(C(=O)[C@H](C)O)C[C@@H]1O. The number of hydrogen-bond acceptors (Lipinski definition) is 3. The highest BCUT2D eigenvalue weighted by molar-refractivity contribution is 5.80. The molecule has 2 N–H and O–H groups in total. The molecule has 1 aliphatic heterocycles. The third kappa shape index (κ3) is 2.25. The molecule has 0 aliphatic carbocycles. The predicted molar refractivity (Wildman–Crippen MR) is 52.6 cm³/mol. The maximum absolute atomic E-state index is 11.4. The Kier molecular flexibility index (Phi) is 3.50. The lowest BCUT2D eigenvalue weighted by Gasteiger charge is -2.19. The highest BCUT2D eigenvalue weighted by atomic mass is 16.3. The summed E-state index contributed by atoms with van der Waals surface area (Å²) in [5.41, 5.74) is 0. The van der Waals surface area contributed by atoms with E-state index in [1.54, 1.807) is 4.90 Å². The molecule has 14 heavy (non-hydrogen) atoms. The van der Waals surface area contributed by atoms with Gasteiger partial charge in [0.2, 0.25) is 0 Å². The van der Waals surface area contributed by atoms with Gasteiger partial charge in [-0.15, -0.1) is 0 Å². The van der Waals surface area contributed by atoms with E-state index in [-0.39, 0.29) is 11.8 Å². The van der Waals surface area contributed by atoms with Crippen molar-refractivity contribution in [2.75, 3.05) is 13.1 Å². The highest BCUT2D eigenvalue weighted by Crippen LogP contribution is 2.24. The third-order valence-electron chi connectivity index (χ3n) is 2.86. The van der Waals surface area contributed by atoms with Gasteiger partial charge in [0, 0.05) is 19.0 Å². The van der Waals surface area contributed by atoms with Crippen molar-refractivity contribution < 1.29 is 15.0 Å². The lowest BCUT2D eigenvalue weighted by Crippen LogP contribution is -2.36. The number of likely N-dealkylation sites (tertiary alicyclic amines) is 1. The zero-order valence-corrected chi connectivity index (χ0v) is 8.97. The molecule has 0 aromatic carbocycles. The molecule has 1 fully saturated rings. The molecule has 3 atom stereocenters. The lowest BCUT2D eigenvalue weighted by molar-refractivity contribution is -0.138. The summed E-state index contributed by atoms with van der Waals surface area (Å²) in [6, 6.07) is 0. The Morgan fingerprint density at radius 1 is 1.36 bits per heavy atom. The summed E-state index contributed by atoms with van der Waals surface area (Å²) < 4.78 is 0. The van der Waals surface area contributed by atoms with Crippen molar-refractivity contribution in [3.05, 3.63) is 0 Å². The van der Waals surface area contributed by atoms with Gasteiger partial charge in [-0.05, 0) is 12.8 Å². The molecule has 82 valence electrons. The van der Waals surface area contributed by atoms with E-state index >= 15 is 0 Å². The largest absolute Gasteiger partial charge is 0.391 e. The quantitative estimate of drug-likeness (QED) is 0.653. The van der Waals surface area contributed by atoms with Crippen molar-refractivity contribution in [3.63, 3.8) is 0 Å². The lowest BCUT2D eigenvalue weighted by atomic mass is 9.93. The van der Waals surface area contributed by atoms with Gasteiger partial charge in [0.1, 0.15) is 6.10 Å². The molecule has 1 heterocycles. The summed E-state index contributed by atoms with van der Waals surface area (Å²) >= 11 is 0. The van der Waals surface area contributed by atoms with Crippen molar-refractivity contribution in [1.82, 2.24) is 4.90 Å². The van der Waals surface area contributed by atoms with Crippen LogP contribution in [0.1, 0.15) is 20.8 Å². The Labute approximate surface area is 84.5 Å². The maximum Gasteiger partial charge on any atom is 0.251 e. The number of aliphatic hydroxyl groups is 2. The Hall–Kier alpha value is -0.610. The number of amides is 1. The third-order valence-corrected chi connectivity index (χ3v) is 2.86. The molecule has 1 rings (SSSR count). The monoisotopic (exact) mass is 201 g/mol. The summed E-state index contributed by atoms with van der Waals surface area (Å²) in [7, 11) is 0. The second kappa shape index (κ2) is 4.28. The first-order chi connectivity index (χ1) is 6.43. The Morgan fingerprint density at radius 3 is 2.29 bits per heavy atom. The van der Waals surface area contributed by atoms with Gasteiger partial charge in [-0.2, -0.15) is 0 Å². The number of hydrogen-bond donors (Lipinski definition) is 2. The van der Waals surface area contributed by atoms with Gasteiger partial charge in [0.05, 0.1) is 6.10 Å². The fraction of sp³-hybridized carbons (Fsp3) is 0.900. The molecule has 0 aromatic rings. The van der Waals surface area contributed by atoms with Crippen molar-refractivity contribution in [2.45, 2.75) is 33.0 Å². The summed E-state index contributed by atoms with van der Waals surface area (Å²) in [5.74, 6) is 0.210. The van der Waals surface area contributed by atoms with E-state index < -0.39 is 12.2 Å². The van der Waals surface area contributed by atoms with Crippen molar-refractivity contribution in [3.8, 4) is 0 Å². The molecule has 4 heteroatoms. The molecular weight excluding hydrogens is 182 g/mol. The molecule has 1 amide bonds. The van der Waals surface area contributed by atoms with Crippen LogP contribution in [-0.4, -0.2) is 46.3 Å². The Morgan fingerprint density at radius 2 is 1.93 bits per heavy atom. The fourth-order valence-corrected chi connectivity index (χ4v) is 1.91. The van der Waals surface area contributed by atoms with E-state index in [2.05, 4.69) is 0 Å². The minimum atomic E-state index is -0.965. The fourth-order valence-electron chi connectivity index (χ4n) is 1.91. The summed E-state index contributed by atoms with van der Waals surface area (Å²) in [6.45, 7) is 6.43. The van der Waals surface area contributed by atoms with E-state index in [1.165, 1.54) is 6.92 Å². The van der Waals surface area contributed by atoms with Gasteiger partial charge in [-0.25, -0.2) is 0 Å². The molecule has 1 aliphatic rings. The van der Waals surface area contributed by atoms with Crippen LogP contribution in [0.3, 0.4) is 0 Å². The topological polar surface area (TPSA) is 60.8 Å². The van der Waals surface area contributed by atoms with Crippen LogP contribution in [0.4, 0.5) is 0 Å². The van der Waals surface area contributed by atoms with E-state index in [9.17, 15) is 9.90 Å². The van der Waals surface area contributed by atoms with Crippen LogP contribution < -0.4 is 0 Å². The average molecular weight is 201 g/mol. The van der Waals surface area contributed by atoms with E-state index in [0.29, 0.717) is 19.0 Å². The van der Waals surface area contributed by atoms with E-state index in [1.807, 2.05) is 13.8 Å². The molecule has 0 saturated carbocycles. The first-order valence-electron chi connectivity index (χ1n) is 5.08. The van der Waals surface area contributed by atoms with Crippen molar-refractivity contribution in [2.24, 2.45) is 11.8 Å². The van der Waals surface area contributed by atoms with Crippen LogP contribution in [-0.2, 0) is 4.79 Å². The molecule has 0 spiro atoms. The van der Waals surface area contributed by atoms with Crippen LogP contribution in [0.25, 0.3) is 0 Å². The van der Waals surface area contributed by atoms with Gasteiger partial charge in [0.15, 0.2) is 0 Å². The summed E-state index contributed by atoms with van der Waals surface area (Å²) in [4.78, 5) is 13.0. The normalized spacial score (nSPS) is 29.7. The molecule has 0 bridgehead atoms. The smallest absolute Gasteiger partial charge is 0.251 e. The second-order valence-electron chi connectivity index (χ2n) is 4.39. The predicted octanol–water partition coefficient (Wildman–Crippen LogP) is -0.158. The van der Waals surface area contributed by atoms with Gasteiger partial charge >= 0.3 is 0 Å². The number of aliphatic hydroxyl groups excluding tert-OH is 2. The first kappa shape index (κ1) is 11.5. The van der Waals surface area contributed by atoms with Gasteiger partial charge in [0.25, 0.3) is 5.91 Å². The number of carbonyl (C=O) groups excluding carboxylic acids is 1. The molecule has 4 nitrogen and oxygen atoms in total. The number of rotatable bonds is 2. The van der Waals surface area contributed by atoms with Crippen LogP contribution >= 0.6 is 0 Å². The number of nitrogens with zero attached hydrogens (tertiary/aromatic N) is 1. The van der Waals surface area contributed by atoms with Crippen LogP contribution in [0.5, 0.6) is 0 Å². The Bertz CT molecular complexity index is 215. The molecule has 0 radical (unpaired) electrons. The zero-order valence-electron chi connectivity index (χ0n) is 8.97. The molecule has 1 saturated heterocycles. The summed E-state index contributed by atoms with van der Waals surface area (Å²) in [5, 5.41) is 18.8. The Balaban J connectivity index is 2.59. The molecule has 0 unspecified atom stereocenters. The minimum absolute atomic E-state index is 0.137. The van der Waals surface area contributed by atoms with E-state index in [0.717, 1.165) is 0 Å². The standard InChI is InChI=1S/C10H19NO3/c1-6(2)8-4-11(5-9(8)13)10(14)7(3)12/h6-9,12-13H,4-5H2,1-3H3/t7-,8+,9-/m0/s1. The summed E-state index contributed by atoms with van der Waals surface area (Å²) in [6.07, 6.45) is -1.41. The van der Waals surface area contributed by atoms with Gasteiger partial charge in [-0.3, -0.25) is 4.79 Å². The number of β-amino-alcohol motifs (C(OH)–C–C–N with tert-alkyl or cyclic N) is 1. The zero-order chi connectivity index (χ0) is 10.9. The van der Waals surface area contributed by atoms with Crippen LogP contribution in [0.15, 0.2) is 0 Å². The molecule has 0 aromatic heterocycles. The van der Waals surface area contributed by atoms with Gasteiger partial charge < -0.3 is 15.1 Å². The average Bonchev–Trinajstić information content (AvgIpc) is 2.45. The first-order valence-corrected chi connectivity index (χ1v) is 5.08. The minimum Gasteiger partial charge on any atom is -0.391 e. The maximum atomic E-state index is 11.4. The molecular formula is C10H19NO3. The van der Waals surface area contributed by atoms with Crippen molar-refractivity contribution >= 4 is 5.91 Å². The van der Waals surface area contributed by atoms with Crippen molar-refractivity contribution in [1.29, 1.82) is 0 Å². The number of carbonyl (C=O) groups is 1. The highest BCUT2D eigenvalue weighted by Gasteiger charge is 2.36. The van der Waals surface area contributed by atoms with E-state index in [4.69, 9.17) is 5.11 Å². The second-order valence-corrected chi connectivity index (χ2v) is 4.39. The van der Waals surface area contributed by atoms with Crippen LogP contribution in [0.2, 0.25) is 0 Å². The van der Waals surface area contributed by atoms with Crippen LogP contribution in [0, 0.1) is 11.8 Å².